The van der Waals surface area contributed by atoms with E-state index >= 15 is 0 Å². The summed E-state index contributed by atoms with van der Waals surface area (Å²) in [4.78, 5) is 12.2. The lowest BCUT2D eigenvalue weighted by atomic mass is 10.1. The zero-order valence-electron chi connectivity index (χ0n) is 17.4. The van der Waals surface area contributed by atoms with Gasteiger partial charge in [0.1, 0.15) is 28.7 Å². The molecule has 0 aromatic heterocycles. The highest BCUT2D eigenvalue weighted by Gasteiger charge is 2.20. The van der Waals surface area contributed by atoms with Crippen LogP contribution >= 0.6 is 22.6 Å². The summed E-state index contributed by atoms with van der Waals surface area (Å²) < 4.78 is 61.5. The van der Waals surface area contributed by atoms with Gasteiger partial charge in [-0.05, 0) is 64.6 Å². The predicted molar refractivity (Wildman–Crippen MR) is 130 cm³/mol. The molecular weight excluding hydrogens is 567 g/mol. The van der Waals surface area contributed by atoms with E-state index in [2.05, 4.69) is 10.0 Å². The first-order valence-corrected chi connectivity index (χ1v) is 12.4. The predicted octanol–water partition coefficient (Wildman–Crippen LogP) is 4.64. The number of nitrogens with two attached hydrogens (primary N) is 1. The van der Waals surface area contributed by atoms with Crippen LogP contribution in [0.25, 0.3) is 0 Å². The summed E-state index contributed by atoms with van der Waals surface area (Å²) in [6, 6.07) is 12.5. The maximum atomic E-state index is 14.4. The molecule has 3 rings (SSSR count). The van der Waals surface area contributed by atoms with Gasteiger partial charge in [0, 0.05) is 16.2 Å². The second-order valence-corrected chi connectivity index (χ2v) is 10.00. The molecule has 1 amide bonds. The second kappa shape index (κ2) is 10.4. The fraction of sp³-hybridized carbons (Fsp3) is 0.136. The molecule has 0 aliphatic carbocycles. The number of primary amides is 1. The molecule has 0 atom stereocenters. The first kappa shape index (κ1) is 24.9. The number of carbonyl (C=O) groups is 1. The highest BCUT2D eigenvalue weighted by molar-refractivity contribution is 14.1. The van der Waals surface area contributed by atoms with Crippen LogP contribution in [-0.2, 0) is 15.8 Å². The topological polar surface area (TPSA) is 111 Å². The van der Waals surface area contributed by atoms with Gasteiger partial charge in [-0.25, -0.2) is 21.9 Å². The minimum atomic E-state index is -3.54. The molecule has 0 fully saturated rings. The lowest BCUT2D eigenvalue weighted by Crippen LogP contribution is -2.24. The van der Waals surface area contributed by atoms with Crippen molar-refractivity contribution in [3.05, 3.63) is 80.9 Å². The molecule has 0 saturated heterocycles. The van der Waals surface area contributed by atoms with Crippen LogP contribution in [0.5, 0.6) is 11.5 Å². The molecule has 33 heavy (non-hydrogen) atoms. The molecule has 3 aromatic carbocycles. The van der Waals surface area contributed by atoms with Crippen molar-refractivity contribution in [1.82, 2.24) is 4.72 Å². The third-order valence-corrected chi connectivity index (χ3v) is 6.47. The van der Waals surface area contributed by atoms with E-state index in [1.165, 1.54) is 24.3 Å². The van der Waals surface area contributed by atoms with E-state index in [0.29, 0.717) is 9.13 Å². The molecule has 4 N–H and O–H groups in total. The summed E-state index contributed by atoms with van der Waals surface area (Å²) in [6.07, 6.45) is 0. The van der Waals surface area contributed by atoms with Gasteiger partial charge in [0.2, 0.25) is 10.0 Å². The third-order valence-electron chi connectivity index (χ3n) is 4.36. The SMILES string of the molecule is CCNS(=O)(=O)Cc1cccc(Oc2cc(F)cc(Nc3ccc(I)cc3F)c2C(N)=O)c1. The van der Waals surface area contributed by atoms with Crippen molar-refractivity contribution in [3.8, 4) is 11.5 Å². The van der Waals surface area contributed by atoms with Crippen LogP contribution in [0.1, 0.15) is 22.8 Å². The van der Waals surface area contributed by atoms with Gasteiger partial charge in [0.15, 0.2) is 0 Å². The van der Waals surface area contributed by atoms with E-state index in [-0.39, 0.29) is 40.7 Å². The smallest absolute Gasteiger partial charge is 0.254 e. The summed E-state index contributed by atoms with van der Waals surface area (Å²) in [6.45, 7) is 1.92. The Labute approximate surface area is 203 Å². The number of nitrogens with one attached hydrogen (secondary N) is 2. The number of rotatable bonds is 9. The summed E-state index contributed by atoms with van der Waals surface area (Å²) in [7, 11) is -3.54. The summed E-state index contributed by atoms with van der Waals surface area (Å²) in [5, 5.41) is 2.69. The molecular formula is C22H20F2IN3O4S. The molecule has 0 aliphatic heterocycles. The van der Waals surface area contributed by atoms with Gasteiger partial charge < -0.3 is 15.8 Å². The van der Waals surface area contributed by atoms with Gasteiger partial charge in [-0.3, -0.25) is 4.79 Å². The van der Waals surface area contributed by atoms with Crippen molar-refractivity contribution < 1.29 is 26.7 Å². The Morgan fingerprint density at radius 2 is 1.85 bits per heavy atom. The minimum absolute atomic E-state index is 0.0186. The van der Waals surface area contributed by atoms with Crippen molar-refractivity contribution in [1.29, 1.82) is 0 Å². The molecule has 174 valence electrons. The Bertz CT molecular complexity index is 1300. The number of benzene rings is 3. The van der Waals surface area contributed by atoms with Crippen LogP contribution in [0.4, 0.5) is 20.2 Å². The number of carbonyl (C=O) groups excluding carboxylic acids is 1. The minimum Gasteiger partial charge on any atom is -0.456 e. The molecule has 0 aliphatic rings. The normalized spacial score (nSPS) is 11.3. The van der Waals surface area contributed by atoms with E-state index in [9.17, 15) is 22.0 Å². The van der Waals surface area contributed by atoms with E-state index in [1.807, 2.05) is 22.6 Å². The van der Waals surface area contributed by atoms with Gasteiger partial charge in [0.05, 0.1) is 17.1 Å². The zero-order valence-corrected chi connectivity index (χ0v) is 20.3. The Kier molecular flexibility index (Phi) is 7.87. The lowest BCUT2D eigenvalue weighted by Gasteiger charge is -2.16. The molecule has 0 unspecified atom stereocenters. The molecule has 0 bridgehead atoms. The van der Waals surface area contributed by atoms with E-state index in [4.69, 9.17) is 10.5 Å². The van der Waals surface area contributed by atoms with E-state index in [1.54, 1.807) is 25.1 Å². The lowest BCUT2D eigenvalue weighted by molar-refractivity contribution is 0.0999. The molecule has 0 radical (unpaired) electrons. The number of sulfonamides is 1. The molecule has 7 nitrogen and oxygen atoms in total. The van der Waals surface area contributed by atoms with Crippen molar-refractivity contribution in [2.24, 2.45) is 5.73 Å². The Hall–Kier alpha value is -2.77. The van der Waals surface area contributed by atoms with Crippen LogP contribution in [0, 0.1) is 15.2 Å². The molecule has 0 heterocycles. The van der Waals surface area contributed by atoms with Crippen molar-refractivity contribution in [2.45, 2.75) is 12.7 Å². The van der Waals surface area contributed by atoms with Gasteiger partial charge in [0.25, 0.3) is 5.91 Å². The fourth-order valence-corrected chi connectivity index (χ4v) is 4.68. The third kappa shape index (κ3) is 6.62. The van der Waals surface area contributed by atoms with Crippen molar-refractivity contribution in [2.75, 3.05) is 11.9 Å². The van der Waals surface area contributed by atoms with Gasteiger partial charge in [-0.2, -0.15) is 0 Å². The highest BCUT2D eigenvalue weighted by atomic mass is 127. The summed E-state index contributed by atoms with van der Waals surface area (Å²) in [5.74, 6) is -2.61. The fourth-order valence-electron chi connectivity index (χ4n) is 3.07. The molecule has 3 aromatic rings. The zero-order chi connectivity index (χ0) is 24.2. The molecule has 0 spiro atoms. The van der Waals surface area contributed by atoms with E-state index < -0.39 is 27.6 Å². The van der Waals surface area contributed by atoms with Crippen LogP contribution in [-0.4, -0.2) is 20.9 Å². The monoisotopic (exact) mass is 587 g/mol. The maximum Gasteiger partial charge on any atom is 0.254 e. The summed E-state index contributed by atoms with van der Waals surface area (Å²) >= 11 is 1.95. The number of ether oxygens (including phenoxy) is 1. The van der Waals surface area contributed by atoms with Crippen molar-refractivity contribution in [3.63, 3.8) is 0 Å². The van der Waals surface area contributed by atoms with E-state index in [0.717, 1.165) is 12.1 Å². The van der Waals surface area contributed by atoms with Gasteiger partial charge >= 0.3 is 0 Å². The average molecular weight is 587 g/mol. The number of anilines is 2. The number of hydrogen-bond acceptors (Lipinski definition) is 5. The second-order valence-electron chi connectivity index (χ2n) is 6.95. The van der Waals surface area contributed by atoms with Crippen LogP contribution in [0.2, 0.25) is 0 Å². The number of amides is 1. The van der Waals surface area contributed by atoms with Crippen LogP contribution in [0.3, 0.4) is 0 Å². The van der Waals surface area contributed by atoms with Crippen molar-refractivity contribution >= 4 is 49.9 Å². The van der Waals surface area contributed by atoms with Crippen LogP contribution in [0.15, 0.2) is 54.6 Å². The Morgan fingerprint density at radius 3 is 2.52 bits per heavy atom. The molecule has 0 saturated carbocycles. The quantitative estimate of drug-likeness (QED) is 0.316. The largest absolute Gasteiger partial charge is 0.456 e. The first-order valence-electron chi connectivity index (χ1n) is 9.67. The number of halogens is 3. The first-order chi connectivity index (χ1) is 15.6. The summed E-state index contributed by atoms with van der Waals surface area (Å²) in [5.41, 5.74) is 5.68. The van der Waals surface area contributed by atoms with Gasteiger partial charge in [-0.1, -0.05) is 19.1 Å². The highest BCUT2D eigenvalue weighted by Crippen LogP contribution is 2.34. The molecule has 11 heteroatoms. The number of hydrogen-bond donors (Lipinski definition) is 3. The maximum absolute atomic E-state index is 14.4. The Morgan fingerprint density at radius 1 is 1.09 bits per heavy atom. The van der Waals surface area contributed by atoms with Gasteiger partial charge in [-0.15, -0.1) is 0 Å². The average Bonchev–Trinajstić information content (AvgIpc) is 2.69. The van der Waals surface area contributed by atoms with Crippen LogP contribution < -0.4 is 20.5 Å². The Balaban J connectivity index is 1.97. The standard InChI is InChI=1S/C22H20F2IN3O4S/c1-2-27-33(30,31)12-13-4-3-5-16(8-13)32-20-10-14(23)9-19(21(20)22(26)29)28-18-7-6-15(25)11-17(18)24/h3-11,27-28H,2,12H2,1H3,(H2,26,29).